The predicted octanol–water partition coefficient (Wildman–Crippen LogP) is 1.20. The second kappa shape index (κ2) is 6.76. The summed E-state index contributed by atoms with van der Waals surface area (Å²) in [6.45, 7) is 1.53. The number of ether oxygens (including phenoxy) is 1. The lowest BCUT2D eigenvalue weighted by Gasteiger charge is -2.36. The number of morpholine rings is 1. The molecule has 19 heavy (non-hydrogen) atoms. The summed E-state index contributed by atoms with van der Waals surface area (Å²) in [4.78, 5) is 13.4. The smallest absolute Gasteiger partial charge is 0.378 e. The third kappa shape index (κ3) is 4.22. The highest BCUT2D eigenvalue weighted by molar-refractivity contribution is 5.85. The summed E-state index contributed by atoms with van der Waals surface area (Å²) in [5.41, 5.74) is 0. The fourth-order valence-electron chi connectivity index (χ4n) is 2.39. The normalized spacial score (nSPS) is 28.7. The van der Waals surface area contributed by atoms with Crippen molar-refractivity contribution < 1.29 is 22.7 Å². The Morgan fingerprint density at radius 2 is 2.11 bits per heavy atom. The van der Waals surface area contributed by atoms with Crippen LogP contribution in [0.2, 0.25) is 0 Å². The number of rotatable bonds is 1. The molecule has 2 saturated heterocycles. The van der Waals surface area contributed by atoms with Crippen LogP contribution in [0.3, 0.4) is 0 Å². The molecule has 0 radical (unpaired) electrons. The Hall–Kier alpha value is -0.530. The minimum absolute atomic E-state index is 0. The van der Waals surface area contributed by atoms with E-state index in [0.717, 1.165) is 0 Å². The number of amides is 1. The second-order valence-corrected chi connectivity index (χ2v) is 4.75. The average molecular weight is 303 g/mol. The monoisotopic (exact) mass is 302 g/mol. The zero-order chi connectivity index (χ0) is 13.2. The molecule has 0 saturated carbocycles. The number of halogens is 4. The van der Waals surface area contributed by atoms with E-state index >= 15 is 0 Å². The van der Waals surface area contributed by atoms with Gasteiger partial charge in [0.05, 0.1) is 19.1 Å². The van der Waals surface area contributed by atoms with Crippen molar-refractivity contribution in [1.82, 2.24) is 10.2 Å². The molecule has 2 aliphatic heterocycles. The quantitative estimate of drug-likeness (QED) is 0.791. The van der Waals surface area contributed by atoms with Crippen LogP contribution in [0.5, 0.6) is 0 Å². The SMILES string of the molecule is Cl.O=C(C1COCCN1)N1CCCC(C(F)(F)F)C1. The number of hydrogen-bond donors (Lipinski definition) is 1. The number of nitrogens with one attached hydrogen (secondary N) is 1. The van der Waals surface area contributed by atoms with Gasteiger partial charge in [0, 0.05) is 19.6 Å². The molecule has 8 heteroatoms. The summed E-state index contributed by atoms with van der Waals surface area (Å²) < 4.78 is 43.1. The van der Waals surface area contributed by atoms with Crippen molar-refractivity contribution >= 4 is 18.3 Å². The first-order valence-corrected chi connectivity index (χ1v) is 6.15. The topological polar surface area (TPSA) is 41.6 Å². The van der Waals surface area contributed by atoms with Gasteiger partial charge in [0.1, 0.15) is 6.04 Å². The molecule has 2 atom stereocenters. The number of hydrogen-bond acceptors (Lipinski definition) is 3. The van der Waals surface area contributed by atoms with Crippen molar-refractivity contribution in [3.8, 4) is 0 Å². The Labute approximate surface area is 116 Å². The van der Waals surface area contributed by atoms with E-state index in [9.17, 15) is 18.0 Å². The van der Waals surface area contributed by atoms with Crippen LogP contribution in [0.1, 0.15) is 12.8 Å². The number of piperidine rings is 1. The van der Waals surface area contributed by atoms with Crippen molar-refractivity contribution in [2.24, 2.45) is 5.92 Å². The van der Waals surface area contributed by atoms with Crippen molar-refractivity contribution in [2.75, 3.05) is 32.8 Å². The van der Waals surface area contributed by atoms with Crippen LogP contribution in [-0.2, 0) is 9.53 Å². The molecule has 0 aromatic carbocycles. The van der Waals surface area contributed by atoms with Gasteiger partial charge >= 0.3 is 6.18 Å². The number of alkyl halides is 3. The number of carbonyl (C=O) groups is 1. The van der Waals surface area contributed by atoms with E-state index in [0.29, 0.717) is 26.1 Å². The molecular weight excluding hydrogens is 285 g/mol. The Kier molecular flexibility index (Phi) is 5.88. The number of carbonyl (C=O) groups excluding carboxylic acids is 1. The van der Waals surface area contributed by atoms with Gasteiger partial charge in [-0.1, -0.05) is 0 Å². The molecular formula is C11H18ClF3N2O2. The molecule has 0 aromatic rings. The summed E-state index contributed by atoms with van der Waals surface area (Å²) in [5.74, 6) is -1.66. The van der Waals surface area contributed by atoms with Gasteiger partial charge in [0.15, 0.2) is 0 Å². The minimum atomic E-state index is -4.21. The lowest BCUT2D eigenvalue weighted by molar-refractivity contribution is -0.188. The van der Waals surface area contributed by atoms with Gasteiger partial charge in [-0.25, -0.2) is 0 Å². The summed E-state index contributed by atoms with van der Waals surface area (Å²) >= 11 is 0. The largest absolute Gasteiger partial charge is 0.393 e. The van der Waals surface area contributed by atoms with E-state index in [1.807, 2.05) is 0 Å². The van der Waals surface area contributed by atoms with Crippen LogP contribution in [0.25, 0.3) is 0 Å². The van der Waals surface area contributed by atoms with Crippen LogP contribution in [0.4, 0.5) is 13.2 Å². The molecule has 1 amide bonds. The standard InChI is InChI=1S/C11H17F3N2O2.ClH/c12-11(13,14)8-2-1-4-16(6-8)10(17)9-7-18-5-3-15-9;/h8-9,15H,1-7H2;1H. The van der Waals surface area contributed by atoms with Crippen LogP contribution < -0.4 is 5.32 Å². The van der Waals surface area contributed by atoms with Crippen LogP contribution in [0, 0.1) is 5.92 Å². The number of nitrogens with zero attached hydrogens (tertiary/aromatic N) is 1. The average Bonchev–Trinajstić information content (AvgIpc) is 2.38. The molecule has 0 bridgehead atoms. The first kappa shape index (κ1) is 16.5. The van der Waals surface area contributed by atoms with Gasteiger partial charge in [-0.05, 0) is 12.8 Å². The van der Waals surface area contributed by atoms with E-state index < -0.39 is 18.1 Å². The highest BCUT2D eigenvalue weighted by Gasteiger charge is 2.43. The van der Waals surface area contributed by atoms with E-state index in [-0.39, 0.29) is 37.9 Å². The molecule has 1 N–H and O–H groups in total. The predicted molar refractivity (Wildman–Crippen MR) is 65.2 cm³/mol. The van der Waals surface area contributed by atoms with E-state index in [4.69, 9.17) is 4.74 Å². The maximum Gasteiger partial charge on any atom is 0.393 e. The summed E-state index contributed by atoms with van der Waals surface area (Å²) in [7, 11) is 0. The third-order valence-electron chi connectivity index (χ3n) is 3.42. The molecule has 0 spiro atoms. The van der Waals surface area contributed by atoms with Crippen molar-refractivity contribution in [1.29, 1.82) is 0 Å². The van der Waals surface area contributed by atoms with E-state index in [1.165, 1.54) is 4.90 Å². The van der Waals surface area contributed by atoms with Crippen molar-refractivity contribution in [3.63, 3.8) is 0 Å². The molecule has 112 valence electrons. The Balaban J connectivity index is 0.00000180. The molecule has 2 aliphatic rings. The highest BCUT2D eigenvalue weighted by atomic mass is 35.5. The highest BCUT2D eigenvalue weighted by Crippen LogP contribution is 2.33. The minimum Gasteiger partial charge on any atom is -0.378 e. The van der Waals surface area contributed by atoms with Gasteiger partial charge in [0.25, 0.3) is 0 Å². The molecule has 2 unspecified atom stereocenters. The summed E-state index contributed by atoms with van der Waals surface area (Å²) in [6, 6.07) is -0.495. The first-order chi connectivity index (χ1) is 8.48. The van der Waals surface area contributed by atoms with Gasteiger partial charge in [-0.2, -0.15) is 13.2 Å². The van der Waals surface area contributed by atoms with Crippen LogP contribution in [0.15, 0.2) is 0 Å². The van der Waals surface area contributed by atoms with E-state index in [1.54, 1.807) is 0 Å². The van der Waals surface area contributed by atoms with Gasteiger partial charge in [-0.3, -0.25) is 4.79 Å². The van der Waals surface area contributed by atoms with Gasteiger partial charge in [-0.15, -0.1) is 12.4 Å². The Bertz CT molecular complexity index is 309. The molecule has 2 rings (SSSR count). The first-order valence-electron chi connectivity index (χ1n) is 6.15. The maximum absolute atomic E-state index is 12.6. The molecule has 4 nitrogen and oxygen atoms in total. The molecule has 2 heterocycles. The Morgan fingerprint density at radius 1 is 1.37 bits per heavy atom. The van der Waals surface area contributed by atoms with Gasteiger partial charge < -0.3 is 15.0 Å². The van der Waals surface area contributed by atoms with Gasteiger partial charge in [0.2, 0.25) is 5.91 Å². The fourth-order valence-corrected chi connectivity index (χ4v) is 2.39. The van der Waals surface area contributed by atoms with Crippen molar-refractivity contribution in [2.45, 2.75) is 25.1 Å². The maximum atomic E-state index is 12.6. The molecule has 2 fully saturated rings. The third-order valence-corrected chi connectivity index (χ3v) is 3.42. The number of likely N-dealkylation sites (tertiary alicyclic amines) is 1. The Morgan fingerprint density at radius 3 is 2.68 bits per heavy atom. The lowest BCUT2D eigenvalue weighted by atomic mass is 9.97. The lowest BCUT2D eigenvalue weighted by Crippen LogP contribution is -2.55. The second-order valence-electron chi connectivity index (χ2n) is 4.75. The zero-order valence-electron chi connectivity index (χ0n) is 10.4. The summed E-state index contributed by atoms with van der Waals surface area (Å²) in [5, 5.41) is 2.97. The molecule has 0 aliphatic carbocycles. The van der Waals surface area contributed by atoms with Crippen LogP contribution in [-0.4, -0.2) is 55.9 Å². The molecule has 0 aromatic heterocycles. The zero-order valence-corrected chi connectivity index (χ0v) is 11.2. The van der Waals surface area contributed by atoms with Crippen molar-refractivity contribution in [3.05, 3.63) is 0 Å². The fraction of sp³-hybridized carbons (Fsp3) is 0.909. The van der Waals surface area contributed by atoms with Crippen LogP contribution >= 0.6 is 12.4 Å². The summed E-state index contributed by atoms with van der Waals surface area (Å²) in [6.07, 6.45) is -3.69. The van der Waals surface area contributed by atoms with E-state index in [2.05, 4.69) is 5.32 Å².